The van der Waals surface area contributed by atoms with Crippen LogP contribution in [-0.2, 0) is 41.7 Å². The number of amides is 4. The fourth-order valence-electron chi connectivity index (χ4n) is 7.16. The van der Waals surface area contributed by atoms with Gasteiger partial charge >= 0.3 is 18.2 Å². The van der Waals surface area contributed by atoms with E-state index >= 15 is 0 Å². The smallest absolute Gasteiger partial charge is 0.410 e. The maximum absolute atomic E-state index is 14.6. The van der Waals surface area contributed by atoms with Gasteiger partial charge in [-0.3, -0.25) is 24.3 Å². The number of ether oxygens (including phenoxy) is 3. The molecule has 4 amide bonds. The summed E-state index contributed by atoms with van der Waals surface area (Å²) in [6.07, 6.45) is 2.64. The van der Waals surface area contributed by atoms with E-state index in [1.54, 1.807) is 39.8 Å². The third-order valence-corrected chi connectivity index (χ3v) is 9.70. The number of hydrogen-bond donors (Lipinski definition) is 2. The number of rotatable bonds is 15. The van der Waals surface area contributed by atoms with Crippen molar-refractivity contribution < 1.29 is 47.7 Å². The average Bonchev–Trinajstić information content (AvgIpc) is 3.39. The molecule has 1 aliphatic carbocycles. The third kappa shape index (κ3) is 9.19. The summed E-state index contributed by atoms with van der Waals surface area (Å²) in [6.45, 7) is 15.4. The van der Waals surface area contributed by atoms with Crippen molar-refractivity contribution in [2.45, 2.75) is 128 Å². The summed E-state index contributed by atoms with van der Waals surface area (Å²) in [5.74, 6) is -3.23. The lowest BCUT2D eigenvalue weighted by molar-refractivity contribution is -0.166. The third-order valence-electron chi connectivity index (χ3n) is 9.70. The van der Waals surface area contributed by atoms with Crippen molar-refractivity contribution in [3.05, 3.63) is 60.5 Å². The molecule has 0 unspecified atom stereocenters. The molecule has 286 valence electrons. The number of carbonyl (C=O) groups excluding carboxylic acids is 5. The number of imide groups is 1. The molecule has 1 aromatic carbocycles. The zero-order chi connectivity index (χ0) is 38.4. The summed E-state index contributed by atoms with van der Waals surface area (Å²) in [6, 6.07) is 2.42. The maximum atomic E-state index is 14.6. The molecular formula is C38H53FN4O9. The van der Waals surface area contributed by atoms with E-state index in [0.717, 1.165) is 24.2 Å². The van der Waals surface area contributed by atoms with E-state index in [9.17, 15) is 33.5 Å². The SMILES string of the molecule is C=CCCCCC[C@H](NC(=O)OC(C)(C)C)[C@H](O)N1C[C@H](OC(=O)N2Cc3cccc(F)c3C2)C[C@H]1C(=O)N(C(C)=O)[C@]1(C(=O)OCC)C[C@H]1C=C. The number of aliphatic hydroxyl groups excluding tert-OH is 1. The minimum absolute atomic E-state index is 0.000882. The number of carbonyl (C=O) groups is 5. The van der Waals surface area contributed by atoms with Crippen LogP contribution in [0.1, 0.15) is 90.7 Å². The lowest BCUT2D eigenvalue weighted by Crippen LogP contribution is -2.60. The van der Waals surface area contributed by atoms with E-state index in [1.165, 1.54) is 28.9 Å². The summed E-state index contributed by atoms with van der Waals surface area (Å²) < 4.78 is 31.1. The Morgan fingerprint density at radius 3 is 2.48 bits per heavy atom. The second-order valence-corrected chi connectivity index (χ2v) is 14.7. The summed E-state index contributed by atoms with van der Waals surface area (Å²) in [5, 5.41) is 14.8. The summed E-state index contributed by atoms with van der Waals surface area (Å²) >= 11 is 0. The Morgan fingerprint density at radius 1 is 1.15 bits per heavy atom. The molecule has 1 saturated heterocycles. The zero-order valence-electron chi connectivity index (χ0n) is 30.9. The Labute approximate surface area is 305 Å². The summed E-state index contributed by atoms with van der Waals surface area (Å²) in [4.78, 5) is 71.2. The Kier molecular flexibility index (Phi) is 13.2. The molecule has 2 aliphatic heterocycles. The van der Waals surface area contributed by atoms with Gasteiger partial charge in [-0.15, -0.1) is 13.2 Å². The number of nitrogens with one attached hydrogen (secondary N) is 1. The maximum Gasteiger partial charge on any atom is 0.410 e. The molecule has 14 heteroatoms. The first-order valence-electron chi connectivity index (χ1n) is 18.0. The molecule has 1 saturated carbocycles. The molecule has 0 radical (unpaired) electrons. The van der Waals surface area contributed by atoms with E-state index in [1.807, 2.05) is 6.08 Å². The van der Waals surface area contributed by atoms with Gasteiger partial charge in [0.2, 0.25) is 11.8 Å². The number of allylic oxidation sites excluding steroid dienone is 1. The number of halogens is 1. The lowest BCUT2D eigenvalue weighted by atomic mass is 10.0. The Balaban J connectivity index is 1.64. The van der Waals surface area contributed by atoms with E-state index in [-0.39, 0.29) is 39.1 Å². The van der Waals surface area contributed by atoms with Crippen LogP contribution in [0.25, 0.3) is 0 Å². The Bertz CT molecular complexity index is 1530. The van der Waals surface area contributed by atoms with Gasteiger partial charge in [-0.2, -0.15) is 0 Å². The van der Waals surface area contributed by atoms with Crippen LogP contribution in [0.4, 0.5) is 14.0 Å². The van der Waals surface area contributed by atoms with Gasteiger partial charge < -0.3 is 24.6 Å². The Morgan fingerprint density at radius 2 is 1.88 bits per heavy atom. The quantitative estimate of drug-likeness (QED) is 0.110. The molecule has 2 N–H and O–H groups in total. The molecule has 1 aromatic rings. The number of benzene rings is 1. The van der Waals surface area contributed by atoms with E-state index in [0.29, 0.717) is 24.0 Å². The van der Waals surface area contributed by atoms with Crippen molar-refractivity contribution in [2.75, 3.05) is 13.2 Å². The van der Waals surface area contributed by atoms with E-state index in [4.69, 9.17) is 14.2 Å². The molecule has 0 bridgehead atoms. The first-order chi connectivity index (χ1) is 24.6. The zero-order valence-corrected chi connectivity index (χ0v) is 30.9. The highest BCUT2D eigenvalue weighted by atomic mass is 19.1. The van der Waals surface area contributed by atoms with E-state index < -0.39 is 77.3 Å². The highest BCUT2D eigenvalue weighted by Gasteiger charge is 2.67. The molecule has 2 fully saturated rings. The van der Waals surface area contributed by atoms with Gasteiger partial charge in [-0.1, -0.05) is 37.1 Å². The number of esters is 1. The number of nitrogens with zero attached hydrogens (tertiary/aromatic N) is 3. The topological polar surface area (TPSA) is 155 Å². The molecule has 0 spiro atoms. The van der Waals surface area contributed by atoms with Gasteiger partial charge in [0.05, 0.1) is 25.2 Å². The van der Waals surface area contributed by atoms with Gasteiger partial charge in [0, 0.05) is 37.9 Å². The molecule has 13 nitrogen and oxygen atoms in total. The second-order valence-electron chi connectivity index (χ2n) is 14.7. The van der Waals surface area contributed by atoms with Crippen LogP contribution in [0, 0.1) is 11.7 Å². The number of likely N-dealkylation sites (tertiary alicyclic amines) is 1. The second kappa shape index (κ2) is 17.0. The molecule has 2 heterocycles. The number of alkyl carbamates (subject to hydrolysis) is 1. The molecule has 52 heavy (non-hydrogen) atoms. The highest BCUT2D eigenvalue weighted by Crippen LogP contribution is 2.51. The highest BCUT2D eigenvalue weighted by molar-refractivity contribution is 6.04. The van der Waals surface area contributed by atoms with Crippen LogP contribution in [0.2, 0.25) is 0 Å². The lowest BCUT2D eigenvalue weighted by Gasteiger charge is -2.37. The molecule has 0 aromatic heterocycles. The van der Waals surface area contributed by atoms with Crippen LogP contribution in [0.5, 0.6) is 0 Å². The number of hydrogen-bond acceptors (Lipinski definition) is 10. The first kappa shape index (κ1) is 40.5. The number of unbranched alkanes of at least 4 members (excludes halogenated alkanes) is 3. The van der Waals surface area contributed by atoms with Crippen LogP contribution in [0.15, 0.2) is 43.5 Å². The largest absolute Gasteiger partial charge is 0.464 e. The van der Waals surface area contributed by atoms with Crippen LogP contribution in [-0.4, -0.2) is 98.5 Å². The molecule has 4 rings (SSSR count). The molecular weight excluding hydrogens is 675 g/mol. The van der Waals surface area contributed by atoms with Crippen molar-refractivity contribution in [1.82, 2.24) is 20.0 Å². The standard InChI is InChI=1S/C38H53FN4O9/c1-8-11-12-13-14-18-30(40-35(48)52-37(5,6)7)32(45)42-22-27(51-36(49)41-21-25-16-15-17-29(39)28(25)23-41)19-31(42)33(46)43(24(4)44)38(20-26(38)9-2)34(47)50-10-3/h8-9,15-17,26-27,30-32,45H,1-2,10-14,18-23H2,3-7H3,(H,40,48)/t26-,27-,30+,31+,32+,38-/m1/s1. The molecule has 3 aliphatic rings. The van der Waals surface area contributed by atoms with Crippen molar-refractivity contribution in [2.24, 2.45) is 5.92 Å². The monoisotopic (exact) mass is 728 g/mol. The predicted octanol–water partition coefficient (Wildman–Crippen LogP) is 4.95. The predicted molar refractivity (Wildman–Crippen MR) is 189 cm³/mol. The number of fused-ring (bicyclic) bond motifs is 1. The van der Waals surface area contributed by atoms with Crippen molar-refractivity contribution in [3.63, 3.8) is 0 Å². The fourth-order valence-corrected chi connectivity index (χ4v) is 7.16. The number of aliphatic hydroxyl groups is 1. The van der Waals surface area contributed by atoms with Crippen LogP contribution >= 0.6 is 0 Å². The van der Waals surface area contributed by atoms with Crippen molar-refractivity contribution in [1.29, 1.82) is 0 Å². The summed E-state index contributed by atoms with van der Waals surface area (Å²) in [5.41, 5.74) is -1.40. The van der Waals surface area contributed by atoms with Gasteiger partial charge in [0.25, 0.3) is 0 Å². The fraction of sp³-hybridized carbons (Fsp3) is 0.605. The van der Waals surface area contributed by atoms with Gasteiger partial charge in [0.15, 0.2) is 5.54 Å². The minimum atomic E-state index is -1.61. The molecule has 6 atom stereocenters. The van der Waals surface area contributed by atoms with Crippen molar-refractivity contribution >= 4 is 30.0 Å². The van der Waals surface area contributed by atoms with Crippen LogP contribution in [0.3, 0.4) is 0 Å². The minimum Gasteiger partial charge on any atom is -0.464 e. The summed E-state index contributed by atoms with van der Waals surface area (Å²) in [7, 11) is 0. The van der Waals surface area contributed by atoms with Crippen LogP contribution < -0.4 is 5.32 Å². The van der Waals surface area contributed by atoms with Gasteiger partial charge in [0.1, 0.15) is 23.8 Å². The Hall–Kier alpha value is -4.30. The van der Waals surface area contributed by atoms with E-state index in [2.05, 4.69) is 18.5 Å². The first-order valence-corrected chi connectivity index (χ1v) is 18.0. The van der Waals surface area contributed by atoms with Crippen molar-refractivity contribution in [3.8, 4) is 0 Å². The average molecular weight is 729 g/mol. The normalized spacial score (nSPS) is 23.5. The van der Waals surface area contributed by atoms with Gasteiger partial charge in [-0.05, 0) is 65.0 Å². The van der Waals surface area contributed by atoms with Gasteiger partial charge in [-0.25, -0.2) is 18.8 Å².